The van der Waals surface area contributed by atoms with Crippen LogP contribution in [-0.4, -0.2) is 22.5 Å². The Hall–Kier alpha value is -0.0400. The lowest BCUT2D eigenvalue weighted by Crippen LogP contribution is -2.48. The van der Waals surface area contributed by atoms with Crippen LogP contribution in [0.1, 0.15) is 54.4 Å². The Morgan fingerprint density at radius 3 is 2.00 bits per heavy atom. The summed E-state index contributed by atoms with van der Waals surface area (Å²) < 4.78 is 0. The van der Waals surface area contributed by atoms with Crippen LogP contribution in [0, 0.1) is 11.3 Å². The molecule has 1 nitrogen and oxygen atoms in total. The van der Waals surface area contributed by atoms with Crippen molar-refractivity contribution in [3.05, 3.63) is 0 Å². The molecule has 2 rings (SSSR count). The standard InChI is InChI=1S/C13H25N/c1-10-12(5,6)13(10)8-7-9-14(13)11(2,3)4/h10H,7-9H2,1-6H3. The van der Waals surface area contributed by atoms with Crippen molar-refractivity contribution in [2.45, 2.75) is 65.5 Å². The van der Waals surface area contributed by atoms with Crippen molar-refractivity contribution in [3.63, 3.8) is 0 Å². The van der Waals surface area contributed by atoms with E-state index in [0.717, 1.165) is 5.92 Å². The summed E-state index contributed by atoms with van der Waals surface area (Å²) in [5, 5.41) is 0. The van der Waals surface area contributed by atoms with E-state index in [-0.39, 0.29) is 0 Å². The molecule has 1 spiro atoms. The Labute approximate surface area is 88.9 Å². The molecule has 0 radical (unpaired) electrons. The first-order valence-electron chi connectivity index (χ1n) is 6.02. The maximum atomic E-state index is 2.77. The smallest absolute Gasteiger partial charge is 0.0300 e. The fourth-order valence-corrected chi connectivity index (χ4v) is 3.99. The number of hydrogen-bond donors (Lipinski definition) is 0. The van der Waals surface area contributed by atoms with Gasteiger partial charge in [0.05, 0.1) is 0 Å². The zero-order valence-corrected chi connectivity index (χ0v) is 10.6. The molecule has 82 valence electrons. The normalized spacial score (nSPS) is 42.0. The lowest BCUT2D eigenvalue weighted by molar-refractivity contribution is 0.0814. The summed E-state index contributed by atoms with van der Waals surface area (Å²) in [5.74, 6) is 0.872. The third kappa shape index (κ3) is 0.997. The first kappa shape index (κ1) is 10.5. The minimum Gasteiger partial charge on any atom is -0.292 e. The molecule has 0 bridgehead atoms. The molecule has 0 amide bonds. The van der Waals surface area contributed by atoms with Crippen LogP contribution in [-0.2, 0) is 0 Å². The molecular formula is C13H25N. The second-order valence-electron chi connectivity index (χ2n) is 6.79. The molecule has 1 aliphatic carbocycles. The maximum Gasteiger partial charge on any atom is 0.0300 e. The van der Waals surface area contributed by atoms with Gasteiger partial charge in [-0.15, -0.1) is 0 Å². The second kappa shape index (κ2) is 2.55. The molecule has 1 aliphatic heterocycles. The van der Waals surface area contributed by atoms with Crippen molar-refractivity contribution in [1.82, 2.24) is 4.90 Å². The zero-order valence-electron chi connectivity index (χ0n) is 10.6. The average molecular weight is 195 g/mol. The van der Waals surface area contributed by atoms with Crippen LogP contribution in [0.25, 0.3) is 0 Å². The van der Waals surface area contributed by atoms with Crippen LogP contribution < -0.4 is 0 Å². The molecule has 2 aliphatic rings. The second-order valence-corrected chi connectivity index (χ2v) is 6.79. The first-order valence-corrected chi connectivity index (χ1v) is 6.02. The van der Waals surface area contributed by atoms with Gasteiger partial charge in [0, 0.05) is 11.1 Å². The molecule has 1 saturated heterocycles. The van der Waals surface area contributed by atoms with E-state index in [2.05, 4.69) is 46.4 Å². The molecule has 2 unspecified atom stereocenters. The van der Waals surface area contributed by atoms with Gasteiger partial charge in [0.1, 0.15) is 0 Å². The fourth-order valence-electron chi connectivity index (χ4n) is 3.99. The summed E-state index contributed by atoms with van der Waals surface area (Å²) in [6.07, 6.45) is 2.81. The minimum atomic E-state index is 0.346. The molecule has 1 heterocycles. The van der Waals surface area contributed by atoms with Crippen molar-refractivity contribution in [2.75, 3.05) is 6.54 Å². The van der Waals surface area contributed by atoms with Crippen LogP contribution in [0.5, 0.6) is 0 Å². The van der Waals surface area contributed by atoms with Crippen molar-refractivity contribution in [1.29, 1.82) is 0 Å². The van der Waals surface area contributed by atoms with Gasteiger partial charge in [-0.25, -0.2) is 0 Å². The van der Waals surface area contributed by atoms with Gasteiger partial charge >= 0.3 is 0 Å². The monoisotopic (exact) mass is 195 g/mol. The molecule has 0 N–H and O–H groups in total. The van der Waals surface area contributed by atoms with Gasteiger partial charge in [0.25, 0.3) is 0 Å². The highest BCUT2D eigenvalue weighted by atomic mass is 15.3. The molecule has 1 saturated carbocycles. The van der Waals surface area contributed by atoms with E-state index in [9.17, 15) is 0 Å². The molecule has 1 heteroatoms. The molecule has 2 fully saturated rings. The lowest BCUT2D eigenvalue weighted by atomic mass is 9.97. The summed E-state index contributed by atoms with van der Waals surface area (Å²) >= 11 is 0. The topological polar surface area (TPSA) is 3.24 Å². The zero-order chi connectivity index (χ0) is 10.8. The Morgan fingerprint density at radius 1 is 1.21 bits per heavy atom. The van der Waals surface area contributed by atoms with E-state index < -0.39 is 0 Å². The largest absolute Gasteiger partial charge is 0.292 e. The molecule has 0 aromatic heterocycles. The molecular weight excluding hydrogens is 170 g/mol. The van der Waals surface area contributed by atoms with E-state index in [1.165, 1.54) is 19.4 Å². The van der Waals surface area contributed by atoms with E-state index in [0.29, 0.717) is 16.5 Å². The SMILES string of the molecule is CC1C(C)(C)C12CCCN2C(C)(C)C. The van der Waals surface area contributed by atoms with Crippen LogP contribution in [0.3, 0.4) is 0 Å². The van der Waals surface area contributed by atoms with Crippen LogP contribution in [0.4, 0.5) is 0 Å². The molecule has 0 aromatic carbocycles. The van der Waals surface area contributed by atoms with Crippen LogP contribution in [0.15, 0.2) is 0 Å². The Bertz CT molecular complexity index is 248. The van der Waals surface area contributed by atoms with Gasteiger partial charge < -0.3 is 0 Å². The number of rotatable bonds is 0. The average Bonchev–Trinajstić information content (AvgIpc) is 2.50. The molecule has 2 atom stereocenters. The third-order valence-electron chi connectivity index (χ3n) is 5.06. The van der Waals surface area contributed by atoms with Gasteiger partial charge in [-0.2, -0.15) is 0 Å². The van der Waals surface area contributed by atoms with E-state index in [1.807, 2.05) is 0 Å². The lowest BCUT2D eigenvalue weighted by Gasteiger charge is -2.39. The number of nitrogens with zero attached hydrogens (tertiary/aromatic N) is 1. The fraction of sp³-hybridized carbons (Fsp3) is 1.00. The third-order valence-corrected chi connectivity index (χ3v) is 5.06. The van der Waals surface area contributed by atoms with Gasteiger partial charge in [-0.1, -0.05) is 20.8 Å². The van der Waals surface area contributed by atoms with Gasteiger partial charge in [-0.05, 0) is 51.5 Å². The van der Waals surface area contributed by atoms with Gasteiger partial charge in [-0.3, -0.25) is 4.90 Å². The van der Waals surface area contributed by atoms with Crippen molar-refractivity contribution in [3.8, 4) is 0 Å². The van der Waals surface area contributed by atoms with E-state index in [1.54, 1.807) is 0 Å². The predicted octanol–water partition coefficient (Wildman–Crippen LogP) is 3.30. The summed E-state index contributed by atoms with van der Waals surface area (Å²) in [6.45, 7) is 15.7. The Kier molecular flexibility index (Phi) is 1.91. The highest BCUT2D eigenvalue weighted by molar-refractivity contribution is 5.26. The highest BCUT2D eigenvalue weighted by Crippen LogP contribution is 2.69. The first-order chi connectivity index (χ1) is 6.24. The number of hydrogen-bond acceptors (Lipinski definition) is 1. The Balaban J connectivity index is 2.30. The summed E-state index contributed by atoms with van der Waals surface area (Å²) in [7, 11) is 0. The number of likely N-dealkylation sites (tertiary alicyclic amines) is 1. The predicted molar refractivity (Wildman–Crippen MR) is 61.4 cm³/mol. The summed E-state index contributed by atoms with van der Waals surface area (Å²) in [4.78, 5) is 2.77. The molecule has 14 heavy (non-hydrogen) atoms. The summed E-state index contributed by atoms with van der Waals surface area (Å²) in [5.41, 5.74) is 1.42. The Morgan fingerprint density at radius 2 is 1.71 bits per heavy atom. The van der Waals surface area contributed by atoms with E-state index in [4.69, 9.17) is 0 Å². The van der Waals surface area contributed by atoms with Crippen molar-refractivity contribution < 1.29 is 0 Å². The van der Waals surface area contributed by atoms with Gasteiger partial charge in [0.15, 0.2) is 0 Å². The maximum absolute atomic E-state index is 2.77. The van der Waals surface area contributed by atoms with Gasteiger partial charge in [0.2, 0.25) is 0 Å². The van der Waals surface area contributed by atoms with Crippen molar-refractivity contribution >= 4 is 0 Å². The quantitative estimate of drug-likeness (QED) is 0.573. The van der Waals surface area contributed by atoms with E-state index >= 15 is 0 Å². The van der Waals surface area contributed by atoms with Crippen LogP contribution in [0.2, 0.25) is 0 Å². The summed E-state index contributed by atoms with van der Waals surface area (Å²) in [6, 6.07) is 0. The van der Waals surface area contributed by atoms with Crippen molar-refractivity contribution in [2.24, 2.45) is 11.3 Å². The van der Waals surface area contributed by atoms with Crippen LogP contribution >= 0.6 is 0 Å². The highest BCUT2D eigenvalue weighted by Gasteiger charge is 2.73. The minimum absolute atomic E-state index is 0.346. The molecule has 0 aromatic rings.